The first-order chi connectivity index (χ1) is 15.9. The van der Waals surface area contributed by atoms with Crippen molar-refractivity contribution in [3.8, 4) is 0 Å². The van der Waals surface area contributed by atoms with Gasteiger partial charge < -0.3 is 10.2 Å². The molecule has 2 aliphatic heterocycles. The molecule has 33 heavy (non-hydrogen) atoms. The summed E-state index contributed by atoms with van der Waals surface area (Å²) in [6, 6.07) is 8.03. The van der Waals surface area contributed by atoms with Crippen LogP contribution in [0.25, 0.3) is 0 Å². The molecule has 1 aliphatic carbocycles. The van der Waals surface area contributed by atoms with Gasteiger partial charge >= 0.3 is 0 Å². The second-order valence-electron chi connectivity index (χ2n) is 10.2. The number of piperidine rings is 1. The molecule has 8 heteroatoms. The van der Waals surface area contributed by atoms with Crippen molar-refractivity contribution in [2.24, 2.45) is 11.8 Å². The van der Waals surface area contributed by atoms with E-state index in [1.54, 1.807) is 4.31 Å². The fraction of sp³-hybridized carbons (Fsp3) is 0.720. The number of rotatable bonds is 7. The molecule has 0 radical (unpaired) electrons. The van der Waals surface area contributed by atoms with Gasteiger partial charge in [-0.25, -0.2) is 12.7 Å². The highest BCUT2D eigenvalue weighted by Crippen LogP contribution is 2.28. The van der Waals surface area contributed by atoms with Crippen molar-refractivity contribution in [2.75, 3.05) is 61.8 Å². The van der Waals surface area contributed by atoms with Crippen molar-refractivity contribution in [3.63, 3.8) is 0 Å². The van der Waals surface area contributed by atoms with Crippen LogP contribution < -0.4 is 10.2 Å². The Labute approximate surface area is 199 Å². The molecule has 3 fully saturated rings. The molecule has 1 unspecified atom stereocenters. The molecule has 1 amide bonds. The van der Waals surface area contributed by atoms with E-state index in [1.165, 1.54) is 26.2 Å². The van der Waals surface area contributed by atoms with E-state index in [4.69, 9.17) is 0 Å². The molecule has 0 bridgehead atoms. The SMILES string of the molecule is CC(=O)Nc1cccc(N2CCN(CC3CCCN(S(=O)(=O)CC4CCCCC4)C3)CC2)c1. The number of anilines is 2. The van der Waals surface area contributed by atoms with Crippen molar-refractivity contribution < 1.29 is 13.2 Å². The van der Waals surface area contributed by atoms with Crippen LogP contribution >= 0.6 is 0 Å². The number of sulfonamides is 1. The standard InChI is InChI=1S/C25H40N4O3S/c1-21(30)26-24-10-5-11-25(17-24)28-15-13-27(14-16-28)18-23-9-6-12-29(19-23)33(31,32)20-22-7-3-2-4-8-22/h5,10-11,17,22-23H,2-4,6-9,12-16,18-20H2,1H3,(H,26,30). The zero-order valence-electron chi connectivity index (χ0n) is 20.0. The number of carbonyl (C=O) groups excluding carboxylic acids is 1. The Bertz CT molecular complexity index is 893. The number of benzene rings is 1. The van der Waals surface area contributed by atoms with E-state index >= 15 is 0 Å². The van der Waals surface area contributed by atoms with Gasteiger partial charge in [-0.15, -0.1) is 0 Å². The Morgan fingerprint density at radius 2 is 1.70 bits per heavy atom. The van der Waals surface area contributed by atoms with Crippen LogP contribution in [0.2, 0.25) is 0 Å². The summed E-state index contributed by atoms with van der Waals surface area (Å²) < 4.78 is 27.9. The lowest BCUT2D eigenvalue weighted by molar-refractivity contribution is -0.114. The Morgan fingerprint density at radius 1 is 0.970 bits per heavy atom. The summed E-state index contributed by atoms with van der Waals surface area (Å²) in [5, 5.41) is 2.86. The van der Waals surface area contributed by atoms with Gasteiger partial charge in [-0.3, -0.25) is 9.69 Å². The lowest BCUT2D eigenvalue weighted by Gasteiger charge is -2.40. The van der Waals surface area contributed by atoms with Crippen molar-refractivity contribution in [1.82, 2.24) is 9.21 Å². The van der Waals surface area contributed by atoms with Gasteiger partial charge in [-0.1, -0.05) is 25.3 Å². The first-order valence-electron chi connectivity index (χ1n) is 12.7. The maximum absolute atomic E-state index is 13.1. The summed E-state index contributed by atoms with van der Waals surface area (Å²) in [6.45, 7) is 7.75. The molecule has 1 aromatic carbocycles. The summed E-state index contributed by atoms with van der Waals surface area (Å²) in [6.07, 6.45) is 7.89. The zero-order chi connectivity index (χ0) is 23.3. The Morgan fingerprint density at radius 3 is 2.42 bits per heavy atom. The van der Waals surface area contributed by atoms with Gasteiger partial charge in [0.15, 0.2) is 0 Å². The van der Waals surface area contributed by atoms with Gasteiger partial charge in [0, 0.05) is 64.1 Å². The molecule has 7 nitrogen and oxygen atoms in total. The number of piperazine rings is 1. The quantitative estimate of drug-likeness (QED) is 0.653. The minimum Gasteiger partial charge on any atom is -0.369 e. The number of nitrogens with zero attached hydrogens (tertiary/aromatic N) is 3. The molecule has 184 valence electrons. The van der Waals surface area contributed by atoms with Crippen LogP contribution in [0.1, 0.15) is 51.9 Å². The molecule has 3 aliphatic rings. The molecule has 0 aromatic heterocycles. The maximum atomic E-state index is 13.1. The van der Waals surface area contributed by atoms with Crippen molar-refractivity contribution in [1.29, 1.82) is 0 Å². The summed E-state index contributed by atoms with van der Waals surface area (Å²) >= 11 is 0. The van der Waals surface area contributed by atoms with E-state index in [0.717, 1.165) is 69.8 Å². The Kier molecular flexibility index (Phi) is 8.30. The van der Waals surface area contributed by atoms with Crippen LogP contribution in [0.5, 0.6) is 0 Å². The van der Waals surface area contributed by atoms with Crippen LogP contribution in [-0.2, 0) is 14.8 Å². The minimum atomic E-state index is -3.14. The fourth-order valence-electron chi connectivity index (χ4n) is 5.72. The van der Waals surface area contributed by atoms with E-state index in [2.05, 4.69) is 21.2 Å². The summed E-state index contributed by atoms with van der Waals surface area (Å²) in [5.41, 5.74) is 1.97. The van der Waals surface area contributed by atoms with E-state index in [0.29, 0.717) is 30.7 Å². The molecule has 1 N–H and O–H groups in total. The van der Waals surface area contributed by atoms with E-state index in [9.17, 15) is 13.2 Å². The first kappa shape index (κ1) is 24.5. The highest BCUT2D eigenvalue weighted by atomic mass is 32.2. The lowest BCUT2D eigenvalue weighted by Crippen LogP contribution is -2.50. The van der Waals surface area contributed by atoms with Gasteiger partial charge in [0.25, 0.3) is 0 Å². The van der Waals surface area contributed by atoms with E-state index in [-0.39, 0.29) is 5.91 Å². The third kappa shape index (κ3) is 6.93. The van der Waals surface area contributed by atoms with Crippen molar-refractivity contribution in [2.45, 2.75) is 51.9 Å². The zero-order valence-corrected chi connectivity index (χ0v) is 20.9. The topological polar surface area (TPSA) is 73.0 Å². The van der Waals surface area contributed by atoms with Gasteiger partial charge in [0.2, 0.25) is 15.9 Å². The van der Waals surface area contributed by atoms with E-state index < -0.39 is 10.0 Å². The first-order valence-corrected chi connectivity index (χ1v) is 14.3. The number of amides is 1. The summed E-state index contributed by atoms with van der Waals surface area (Å²) in [4.78, 5) is 16.2. The van der Waals surface area contributed by atoms with Crippen molar-refractivity contribution in [3.05, 3.63) is 24.3 Å². The van der Waals surface area contributed by atoms with Crippen molar-refractivity contribution >= 4 is 27.3 Å². The second kappa shape index (κ2) is 11.2. The Balaban J connectivity index is 1.26. The number of hydrogen-bond donors (Lipinski definition) is 1. The molecular formula is C25H40N4O3S. The fourth-order valence-corrected chi connectivity index (χ4v) is 7.71. The van der Waals surface area contributed by atoms with Gasteiger partial charge in [0.05, 0.1) is 5.75 Å². The molecular weight excluding hydrogens is 436 g/mol. The lowest BCUT2D eigenvalue weighted by atomic mass is 9.91. The average molecular weight is 477 g/mol. The third-order valence-electron chi connectivity index (χ3n) is 7.47. The normalized spacial score (nSPS) is 24.0. The van der Waals surface area contributed by atoms with Gasteiger partial charge in [-0.05, 0) is 55.7 Å². The highest BCUT2D eigenvalue weighted by molar-refractivity contribution is 7.89. The molecule has 0 spiro atoms. The highest BCUT2D eigenvalue weighted by Gasteiger charge is 2.32. The molecule has 2 heterocycles. The van der Waals surface area contributed by atoms with Crippen LogP contribution in [0.15, 0.2) is 24.3 Å². The monoisotopic (exact) mass is 476 g/mol. The number of carbonyl (C=O) groups is 1. The van der Waals surface area contributed by atoms with Crippen LogP contribution in [0.3, 0.4) is 0 Å². The maximum Gasteiger partial charge on any atom is 0.221 e. The van der Waals surface area contributed by atoms with E-state index in [1.807, 2.05) is 18.2 Å². The number of hydrogen-bond acceptors (Lipinski definition) is 5. The van der Waals surface area contributed by atoms with Crippen LogP contribution in [0.4, 0.5) is 11.4 Å². The molecule has 1 atom stereocenters. The minimum absolute atomic E-state index is 0.0562. The molecule has 1 saturated carbocycles. The van der Waals surface area contributed by atoms with Crippen LogP contribution in [0, 0.1) is 11.8 Å². The third-order valence-corrected chi connectivity index (χ3v) is 9.48. The average Bonchev–Trinajstić information content (AvgIpc) is 2.80. The predicted molar refractivity (Wildman–Crippen MR) is 134 cm³/mol. The Hall–Kier alpha value is -1.64. The van der Waals surface area contributed by atoms with Gasteiger partial charge in [-0.2, -0.15) is 0 Å². The smallest absolute Gasteiger partial charge is 0.221 e. The van der Waals surface area contributed by atoms with Gasteiger partial charge in [0.1, 0.15) is 0 Å². The second-order valence-corrected chi connectivity index (χ2v) is 12.2. The number of nitrogens with one attached hydrogen (secondary N) is 1. The molecule has 4 rings (SSSR count). The largest absolute Gasteiger partial charge is 0.369 e. The predicted octanol–water partition coefficient (Wildman–Crippen LogP) is 3.39. The molecule has 1 aromatic rings. The summed E-state index contributed by atoms with van der Waals surface area (Å²) in [5.74, 6) is 1.09. The molecule has 2 saturated heterocycles. The van der Waals surface area contributed by atoms with Crippen LogP contribution in [-0.4, -0.2) is 75.1 Å². The summed E-state index contributed by atoms with van der Waals surface area (Å²) in [7, 11) is -3.14.